The molecule has 1 aromatic rings. The van der Waals surface area contributed by atoms with Gasteiger partial charge in [0.2, 0.25) is 5.91 Å². The minimum atomic E-state index is -0.627. The summed E-state index contributed by atoms with van der Waals surface area (Å²) >= 11 is 0. The third-order valence-electron chi connectivity index (χ3n) is 4.71. The summed E-state index contributed by atoms with van der Waals surface area (Å²) in [4.78, 5) is 41.1. The number of carbonyl (C=O) groups excluding carboxylic acids is 1. The van der Waals surface area contributed by atoms with Gasteiger partial charge in [-0.1, -0.05) is 26.2 Å². The molecule has 8 nitrogen and oxygen atoms in total. The first-order chi connectivity index (χ1) is 12.0. The van der Waals surface area contributed by atoms with E-state index in [9.17, 15) is 14.4 Å². The van der Waals surface area contributed by atoms with Gasteiger partial charge in [0.15, 0.2) is 5.69 Å². The Kier molecular flexibility index (Phi) is 6.81. The number of nitrogens with one attached hydrogen (secondary N) is 1. The third kappa shape index (κ3) is 4.31. The van der Waals surface area contributed by atoms with Crippen molar-refractivity contribution in [3.8, 4) is 0 Å². The summed E-state index contributed by atoms with van der Waals surface area (Å²) in [5.41, 5.74) is 5.03. The van der Waals surface area contributed by atoms with Crippen LogP contribution >= 0.6 is 0 Å². The lowest BCUT2D eigenvalue weighted by Crippen LogP contribution is -2.44. The molecule has 1 saturated carbocycles. The number of hydrogen-bond donors (Lipinski definition) is 2. The number of ether oxygens (including phenoxy) is 1. The van der Waals surface area contributed by atoms with Gasteiger partial charge >= 0.3 is 5.69 Å². The van der Waals surface area contributed by atoms with Crippen LogP contribution in [-0.4, -0.2) is 35.7 Å². The number of nitrogens with zero attached hydrogens (tertiary/aromatic N) is 2. The van der Waals surface area contributed by atoms with Crippen molar-refractivity contribution in [3.05, 3.63) is 20.8 Å². The van der Waals surface area contributed by atoms with Gasteiger partial charge in [-0.05, 0) is 19.3 Å². The molecule has 1 heterocycles. The molecule has 8 heteroatoms. The van der Waals surface area contributed by atoms with Crippen LogP contribution in [0.1, 0.15) is 45.4 Å². The number of H-pyrrole nitrogens is 1. The number of aromatic nitrogens is 2. The first-order valence-corrected chi connectivity index (χ1v) is 8.94. The van der Waals surface area contributed by atoms with Gasteiger partial charge in [-0.15, -0.1) is 0 Å². The molecule has 0 spiro atoms. The van der Waals surface area contributed by atoms with Crippen molar-refractivity contribution in [1.29, 1.82) is 0 Å². The van der Waals surface area contributed by atoms with Crippen molar-refractivity contribution < 1.29 is 9.53 Å². The number of rotatable bonds is 8. The minimum absolute atomic E-state index is 0.0460. The van der Waals surface area contributed by atoms with Crippen LogP contribution in [-0.2, 0) is 16.1 Å². The van der Waals surface area contributed by atoms with E-state index >= 15 is 0 Å². The molecule has 140 valence electrons. The molecule has 1 fully saturated rings. The Hall–Kier alpha value is -2.09. The lowest BCUT2D eigenvalue weighted by Gasteiger charge is -2.26. The summed E-state index contributed by atoms with van der Waals surface area (Å²) in [6, 6.07) is 0. The molecule has 25 heavy (non-hydrogen) atoms. The Balaban J connectivity index is 2.46. The van der Waals surface area contributed by atoms with Crippen molar-refractivity contribution >= 4 is 17.4 Å². The zero-order valence-corrected chi connectivity index (χ0v) is 15.0. The Bertz CT molecular complexity index is 704. The van der Waals surface area contributed by atoms with Gasteiger partial charge in [0.1, 0.15) is 5.82 Å². The molecule has 0 aliphatic heterocycles. The zero-order valence-electron chi connectivity index (χ0n) is 15.0. The van der Waals surface area contributed by atoms with Gasteiger partial charge in [0.05, 0.1) is 6.61 Å². The van der Waals surface area contributed by atoms with Crippen molar-refractivity contribution in [2.75, 3.05) is 30.9 Å². The fourth-order valence-corrected chi connectivity index (χ4v) is 3.28. The number of nitrogens with two attached hydrogens (primary N) is 1. The largest absolute Gasteiger partial charge is 0.383 e. The number of unbranched alkanes of at least 4 members (excludes halogenated alkanes) is 1. The van der Waals surface area contributed by atoms with E-state index in [1.54, 1.807) is 0 Å². The number of nitrogen functional groups attached to an aromatic ring is 1. The number of anilines is 2. The zero-order chi connectivity index (χ0) is 18.4. The second-order valence-corrected chi connectivity index (χ2v) is 6.46. The Labute approximate surface area is 147 Å². The number of methoxy groups -OCH3 is 1. The van der Waals surface area contributed by atoms with Crippen LogP contribution in [0.25, 0.3) is 0 Å². The van der Waals surface area contributed by atoms with Crippen LogP contribution in [0.4, 0.5) is 11.5 Å². The summed E-state index contributed by atoms with van der Waals surface area (Å²) in [6.45, 7) is 2.92. The lowest BCUT2D eigenvalue weighted by atomic mass is 10.1. The molecular weight excluding hydrogens is 324 g/mol. The smallest absolute Gasteiger partial charge is 0.330 e. The van der Waals surface area contributed by atoms with Gasteiger partial charge in [-0.3, -0.25) is 19.1 Å². The maximum Gasteiger partial charge on any atom is 0.330 e. The predicted octanol–water partition coefficient (Wildman–Crippen LogP) is 1.09. The van der Waals surface area contributed by atoms with Crippen LogP contribution in [0.5, 0.6) is 0 Å². The molecule has 1 aliphatic rings. The molecule has 0 bridgehead atoms. The maximum absolute atomic E-state index is 12.9. The lowest BCUT2D eigenvalue weighted by molar-refractivity contribution is -0.122. The van der Waals surface area contributed by atoms with Gasteiger partial charge in [-0.2, -0.15) is 0 Å². The fourth-order valence-electron chi connectivity index (χ4n) is 3.28. The molecule has 2 rings (SSSR count). The highest BCUT2D eigenvalue weighted by Crippen LogP contribution is 2.29. The summed E-state index contributed by atoms with van der Waals surface area (Å²) in [7, 11) is 1.54. The SMILES string of the molecule is CCCCn1c(N)c(N(CCOC)C(=O)C2CCCC2)c(=O)[nH]c1=O. The molecule has 0 radical (unpaired) electrons. The van der Waals surface area contributed by atoms with E-state index in [1.807, 2.05) is 6.92 Å². The standard InChI is InChI=1S/C17H28N4O4/c1-3-4-9-21-14(18)13(15(22)19-17(21)24)20(10-11-25-2)16(23)12-7-5-6-8-12/h12H,3-11,18H2,1-2H3,(H,19,22,24). The summed E-state index contributed by atoms with van der Waals surface area (Å²) in [6.07, 6.45) is 5.29. The molecule has 0 unspecified atom stereocenters. The third-order valence-corrected chi connectivity index (χ3v) is 4.71. The van der Waals surface area contributed by atoms with E-state index in [-0.39, 0.29) is 36.5 Å². The highest BCUT2D eigenvalue weighted by molar-refractivity contribution is 5.97. The van der Waals surface area contributed by atoms with Crippen LogP contribution in [0.2, 0.25) is 0 Å². The number of carbonyl (C=O) groups is 1. The highest BCUT2D eigenvalue weighted by atomic mass is 16.5. The molecule has 1 aromatic heterocycles. The van der Waals surface area contributed by atoms with Crippen LogP contribution in [0, 0.1) is 5.92 Å². The van der Waals surface area contributed by atoms with E-state index in [2.05, 4.69) is 4.98 Å². The average Bonchev–Trinajstić information content (AvgIpc) is 3.11. The van der Waals surface area contributed by atoms with Crippen LogP contribution in [0.15, 0.2) is 9.59 Å². The predicted molar refractivity (Wildman–Crippen MR) is 96.8 cm³/mol. The van der Waals surface area contributed by atoms with E-state index in [4.69, 9.17) is 10.5 Å². The topological polar surface area (TPSA) is 110 Å². The van der Waals surface area contributed by atoms with E-state index in [1.165, 1.54) is 16.6 Å². The van der Waals surface area contributed by atoms with Gasteiger partial charge in [0, 0.05) is 26.1 Å². The molecule has 0 atom stereocenters. The van der Waals surface area contributed by atoms with Gasteiger partial charge < -0.3 is 15.4 Å². The monoisotopic (exact) mass is 352 g/mol. The second kappa shape index (κ2) is 8.84. The normalized spacial score (nSPS) is 14.8. The van der Waals surface area contributed by atoms with E-state index < -0.39 is 11.2 Å². The van der Waals surface area contributed by atoms with Crippen molar-refractivity contribution in [1.82, 2.24) is 9.55 Å². The minimum Gasteiger partial charge on any atom is -0.383 e. The second-order valence-electron chi connectivity index (χ2n) is 6.46. The average molecular weight is 352 g/mol. The molecule has 1 amide bonds. The Morgan fingerprint density at radius 3 is 2.64 bits per heavy atom. The van der Waals surface area contributed by atoms with Crippen molar-refractivity contribution in [3.63, 3.8) is 0 Å². The Morgan fingerprint density at radius 2 is 2.04 bits per heavy atom. The Morgan fingerprint density at radius 1 is 1.36 bits per heavy atom. The molecule has 0 saturated heterocycles. The number of aromatic amines is 1. The molecular formula is C17H28N4O4. The number of amides is 1. The first kappa shape index (κ1) is 19.2. The van der Waals surface area contributed by atoms with Crippen molar-refractivity contribution in [2.45, 2.75) is 52.0 Å². The first-order valence-electron chi connectivity index (χ1n) is 8.94. The summed E-state index contributed by atoms with van der Waals surface area (Å²) in [5.74, 6) is -0.177. The van der Waals surface area contributed by atoms with Crippen LogP contribution < -0.4 is 21.9 Å². The number of hydrogen-bond acceptors (Lipinski definition) is 5. The van der Waals surface area contributed by atoms with Crippen molar-refractivity contribution in [2.24, 2.45) is 5.92 Å². The van der Waals surface area contributed by atoms with Gasteiger partial charge in [0.25, 0.3) is 5.56 Å². The summed E-state index contributed by atoms with van der Waals surface area (Å²) < 4.78 is 6.43. The fraction of sp³-hybridized carbons (Fsp3) is 0.706. The quantitative estimate of drug-likeness (QED) is 0.727. The molecule has 0 aromatic carbocycles. The van der Waals surface area contributed by atoms with Crippen LogP contribution in [0.3, 0.4) is 0 Å². The molecule has 3 N–H and O–H groups in total. The highest BCUT2D eigenvalue weighted by Gasteiger charge is 2.31. The van der Waals surface area contributed by atoms with E-state index in [0.29, 0.717) is 6.54 Å². The molecule has 1 aliphatic carbocycles. The summed E-state index contributed by atoms with van der Waals surface area (Å²) in [5, 5.41) is 0. The maximum atomic E-state index is 12.9. The van der Waals surface area contributed by atoms with E-state index in [0.717, 1.165) is 38.5 Å². The van der Waals surface area contributed by atoms with Gasteiger partial charge in [-0.25, -0.2) is 4.79 Å².